The van der Waals surface area contributed by atoms with Gasteiger partial charge in [0.25, 0.3) is 0 Å². The lowest BCUT2D eigenvalue weighted by Crippen LogP contribution is -2.33. The number of allylic oxidation sites excluding steroid dienone is 2. The summed E-state index contributed by atoms with van der Waals surface area (Å²) in [6, 6.07) is 5.20. The first-order valence-electron chi connectivity index (χ1n) is 8.92. The average Bonchev–Trinajstić information content (AvgIpc) is 2.98. The Bertz CT molecular complexity index is 843. The Morgan fingerprint density at radius 3 is 2.67 bits per heavy atom. The second kappa shape index (κ2) is 7.78. The second-order valence-corrected chi connectivity index (χ2v) is 7.88. The molecule has 1 saturated heterocycles. The van der Waals surface area contributed by atoms with Crippen LogP contribution in [0.25, 0.3) is 0 Å². The van der Waals surface area contributed by atoms with Crippen molar-refractivity contribution < 1.29 is 19.1 Å². The van der Waals surface area contributed by atoms with Crippen molar-refractivity contribution in [1.29, 1.82) is 0 Å². The van der Waals surface area contributed by atoms with Crippen LogP contribution in [0.1, 0.15) is 38.9 Å². The minimum absolute atomic E-state index is 0.00926. The zero-order valence-electron chi connectivity index (χ0n) is 15.6. The summed E-state index contributed by atoms with van der Waals surface area (Å²) in [5, 5.41) is 0.984. The Balaban J connectivity index is 2.16. The number of benzene rings is 1. The van der Waals surface area contributed by atoms with Gasteiger partial charge in [-0.3, -0.25) is 4.79 Å². The van der Waals surface area contributed by atoms with Crippen molar-refractivity contribution in [2.75, 3.05) is 6.61 Å². The van der Waals surface area contributed by atoms with E-state index in [1.807, 2.05) is 13.0 Å². The third-order valence-corrected chi connectivity index (χ3v) is 5.91. The molecule has 0 N–H and O–H groups in total. The van der Waals surface area contributed by atoms with Crippen LogP contribution in [0.15, 0.2) is 41.5 Å². The van der Waals surface area contributed by atoms with E-state index in [0.29, 0.717) is 27.6 Å². The van der Waals surface area contributed by atoms with Crippen LogP contribution in [0.2, 0.25) is 10.0 Å². The predicted octanol–water partition coefficient (Wildman–Crippen LogP) is 5.09. The minimum atomic E-state index is -0.919. The lowest BCUT2D eigenvalue weighted by Gasteiger charge is -2.33. The fourth-order valence-corrected chi connectivity index (χ4v) is 4.55. The van der Waals surface area contributed by atoms with Gasteiger partial charge < -0.3 is 9.47 Å². The predicted molar refractivity (Wildman–Crippen MR) is 105 cm³/mol. The van der Waals surface area contributed by atoms with E-state index < -0.39 is 18.2 Å². The largest absolute Gasteiger partial charge is 0.464 e. The Morgan fingerprint density at radius 2 is 2.07 bits per heavy atom. The van der Waals surface area contributed by atoms with Gasteiger partial charge in [-0.25, -0.2) is 4.79 Å². The monoisotopic (exact) mass is 408 g/mol. The summed E-state index contributed by atoms with van der Waals surface area (Å²) in [6.45, 7) is 9.69. The number of ether oxygens (including phenoxy) is 2. The Hall–Kier alpha value is -1.62. The summed E-state index contributed by atoms with van der Waals surface area (Å²) in [7, 11) is 0. The fourth-order valence-electron chi connectivity index (χ4n) is 4.04. The van der Waals surface area contributed by atoms with Crippen LogP contribution in [0.4, 0.5) is 0 Å². The molecule has 1 aromatic carbocycles. The molecular weight excluding hydrogens is 387 g/mol. The highest BCUT2D eigenvalue weighted by atomic mass is 35.5. The van der Waals surface area contributed by atoms with E-state index in [2.05, 4.69) is 6.58 Å². The number of halogens is 2. The molecule has 1 aliphatic carbocycles. The lowest BCUT2D eigenvalue weighted by atomic mass is 9.69. The summed E-state index contributed by atoms with van der Waals surface area (Å²) in [5.74, 6) is -0.810. The molecule has 2 aliphatic rings. The van der Waals surface area contributed by atoms with Crippen LogP contribution in [0.3, 0.4) is 0 Å². The number of hydrogen-bond acceptors (Lipinski definition) is 4. The van der Waals surface area contributed by atoms with Gasteiger partial charge in [-0.05, 0) is 50.0 Å². The van der Waals surface area contributed by atoms with Crippen LogP contribution < -0.4 is 0 Å². The van der Waals surface area contributed by atoms with Gasteiger partial charge in [0.15, 0.2) is 11.9 Å². The molecule has 0 saturated carbocycles. The van der Waals surface area contributed by atoms with Gasteiger partial charge in [-0.1, -0.05) is 41.4 Å². The Kier molecular flexibility index (Phi) is 5.80. The zero-order valence-corrected chi connectivity index (χ0v) is 17.1. The number of Topliss-reactive ketones (excluding diaryl/α,β-unsaturated/α-hetero) is 1. The molecule has 0 unspecified atom stereocenters. The van der Waals surface area contributed by atoms with Gasteiger partial charge >= 0.3 is 5.97 Å². The number of esters is 1. The maximum absolute atomic E-state index is 12.6. The highest BCUT2D eigenvalue weighted by Gasteiger charge is 2.52. The molecule has 1 aromatic rings. The van der Waals surface area contributed by atoms with Gasteiger partial charge in [0.2, 0.25) is 0 Å². The Morgan fingerprint density at radius 1 is 1.37 bits per heavy atom. The summed E-state index contributed by atoms with van der Waals surface area (Å²) < 4.78 is 11.4. The summed E-state index contributed by atoms with van der Waals surface area (Å²) in [4.78, 5) is 25.2. The van der Waals surface area contributed by atoms with Crippen molar-refractivity contribution in [2.24, 2.45) is 11.8 Å². The first kappa shape index (κ1) is 20.1. The highest BCUT2D eigenvalue weighted by Crippen LogP contribution is 2.53. The third-order valence-electron chi connectivity index (χ3n) is 5.34. The number of rotatable bonds is 4. The molecule has 0 radical (unpaired) electrons. The summed E-state index contributed by atoms with van der Waals surface area (Å²) in [6.07, 6.45) is -1.06. The molecule has 27 heavy (non-hydrogen) atoms. The molecular formula is C21H22Cl2O4. The van der Waals surface area contributed by atoms with E-state index in [1.165, 1.54) is 0 Å². The van der Waals surface area contributed by atoms with Gasteiger partial charge in [-0.2, -0.15) is 0 Å². The maximum Gasteiger partial charge on any atom is 0.339 e. The fraction of sp³-hybridized carbons (Fsp3) is 0.429. The first-order chi connectivity index (χ1) is 12.8. The van der Waals surface area contributed by atoms with Crippen LogP contribution in [0, 0.1) is 11.8 Å². The van der Waals surface area contributed by atoms with Crippen molar-refractivity contribution in [3.8, 4) is 0 Å². The average molecular weight is 409 g/mol. The van der Waals surface area contributed by atoms with E-state index in [9.17, 15) is 9.59 Å². The van der Waals surface area contributed by atoms with Crippen LogP contribution in [0.5, 0.6) is 0 Å². The SMILES string of the molecule is C=C(C)[C@H]1CC(=O)C(C)=C2[C@@H](C(=O)OCC)O[C@@H](c3ccc(Cl)cc3Cl)[C@@H]21. The van der Waals surface area contributed by atoms with E-state index in [4.69, 9.17) is 32.7 Å². The van der Waals surface area contributed by atoms with E-state index >= 15 is 0 Å². The first-order valence-corrected chi connectivity index (χ1v) is 9.68. The quantitative estimate of drug-likeness (QED) is 0.513. The maximum atomic E-state index is 12.6. The Labute approximate surface area is 169 Å². The number of hydrogen-bond donors (Lipinski definition) is 0. The van der Waals surface area contributed by atoms with E-state index in [-0.39, 0.29) is 24.2 Å². The number of carbonyl (C=O) groups excluding carboxylic acids is 2. The molecule has 1 heterocycles. The third kappa shape index (κ3) is 3.58. The topological polar surface area (TPSA) is 52.6 Å². The normalized spacial score (nSPS) is 27.5. The smallest absolute Gasteiger partial charge is 0.339 e. The van der Waals surface area contributed by atoms with E-state index in [0.717, 1.165) is 11.1 Å². The van der Waals surface area contributed by atoms with Crippen molar-refractivity contribution >= 4 is 35.0 Å². The molecule has 0 spiro atoms. The lowest BCUT2D eigenvalue weighted by molar-refractivity contribution is -0.154. The van der Waals surface area contributed by atoms with Gasteiger partial charge in [0.1, 0.15) is 0 Å². The summed E-state index contributed by atoms with van der Waals surface area (Å²) in [5.41, 5.74) is 2.88. The second-order valence-electron chi connectivity index (χ2n) is 7.04. The molecule has 0 aromatic heterocycles. The molecule has 144 valence electrons. The molecule has 1 fully saturated rings. The molecule has 4 nitrogen and oxygen atoms in total. The zero-order chi connectivity index (χ0) is 19.9. The summed E-state index contributed by atoms with van der Waals surface area (Å²) >= 11 is 12.5. The minimum Gasteiger partial charge on any atom is -0.464 e. The molecule has 3 rings (SSSR count). The standard InChI is InChI=1S/C21H22Cl2O4/c1-5-26-21(25)20-17-11(4)16(24)9-14(10(2)3)18(17)19(27-20)13-7-6-12(22)8-15(13)23/h6-8,14,18-20H,2,5,9H2,1,3-4H3/t14-,18-,19+,20+/m1/s1. The van der Waals surface area contributed by atoms with Crippen LogP contribution >= 0.6 is 23.2 Å². The van der Waals surface area contributed by atoms with Gasteiger partial charge in [-0.15, -0.1) is 0 Å². The van der Waals surface area contributed by atoms with Crippen LogP contribution in [-0.4, -0.2) is 24.5 Å². The van der Waals surface area contributed by atoms with Crippen LogP contribution in [-0.2, 0) is 19.1 Å². The van der Waals surface area contributed by atoms with Crippen molar-refractivity contribution in [3.05, 3.63) is 57.1 Å². The number of fused-ring (bicyclic) bond motifs is 1. The van der Waals surface area contributed by atoms with E-state index in [1.54, 1.807) is 26.0 Å². The molecule has 4 atom stereocenters. The van der Waals surface area contributed by atoms with Gasteiger partial charge in [0.05, 0.1) is 12.7 Å². The molecule has 6 heteroatoms. The highest BCUT2D eigenvalue weighted by molar-refractivity contribution is 6.35. The van der Waals surface area contributed by atoms with Crippen molar-refractivity contribution in [3.63, 3.8) is 0 Å². The number of carbonyl (C=O) groups is 2. The number of ketones is 1. The molecule has 1 aliphatic heterocycles. The molecule has 0 bridgehead atoms. The molecule has 0 amide bonds. The van der Waals surface area contributed by atoms with Crippen molar-refractivity contribution in [2.45, 2.75) is 39.4 Å². The van der Waals surface area contributed by atoms with Crippen molar-refractivity contribution in [1.82, 2.24) is 0 Å². The van der Waals surface area contributed by atoms with Gasteiger partial charge in [0, 0.05) is 27.9 Å².